The van der Waals surface area contributed by atoms with Gasteiger partial charge in [0.15, 0.2) is 5.78 Å². The first-order valence-electron chi connectivity index (χ1n) is 7.79. The Morgan fingerprint density at radius 2 is 1.45 bits per heavy atom. The maximum atomic E-state index is 12.5. The van der Waals surface area contributed by atoms with E-state index < -0.39 is 0 Å². The number of hydrogen-bond donors (Lipinski definition) is 0. The molecule has 0 fully saturated rings. The predicted molar refractivity (Wildman–Crippen MR) is 89.0 cm³/mol. The summed E-state index contributed by atoms with van der Waals surface area (Å²) in [4.78, 5) is 24.7. The second-order valence-corrected chi connectivity index (χ2v) is 5.62. The van der Waals surface area contributed by atoms with Gasteiger partial charge >= 0.3 is 0 Å². The number of Topliss-reactive ketones (excluding diaryl/α,β-unsaturated/α-hetero) is 2. The molecule has 0 radical (unpaired) electrons. The standard InChI is InChI=1S/C20H22O2/c1-3-19(21)15(2)18(16-10-6-4-7-11-16)14-20(22)17-12-8-5-9-13-17/h4-13,15,18H,3,14H2,1-2H3/t15-,18-/m1/s1. The van der Waals surface area contributed by atoms with Crippen molar-refractivity contribution < 1.29 is 9.59 Å². The summed E-state index contributed by atoms with van der Waals surface area (Å²) in [5.74, 6) is 0.0707. The fourth-order valence-corrected chi connectivity index (χ4v) is 2.77. The van der Waals surface area contributed by atoms with E-state index in [1.807, 2.05) is 74.5 Å². The highest BCUT2D eigenvalue weighted by Crippen LogP contribution is 2.30. The fourth-order valence-electron chi connectivity index (χ4n) is 2.77. The summed E-state index contributed by atoms with van der Waals surface area (Å²) in [7, 11) is 0. The number of ketones is 2. The molecule has 0 unspecified atom stereocenters. The van der Waals surface area contributed by atoms with E-state index in [0.717, 1.165) is 5.56 Å². The molecule has 0 aliphatic rings. The smallest absolute Gasteiger partial charge is 0.163 e. The molecule has 2 atom stereocenters. The lowest BCUT2D eigenvalue weighted by molar-refractivity contribution is -0.122. The van der Waals surface area contributed by atoms with Crippen LogP contribution in [-0.4, -0.2) is 11.6 Å². The van der Waals surface area contributed by atoms with Crippen LogP contribution in [0, 0.1) is 5.92 Å². The molecule has 0 N–H and O–H groups in total. The molecular weight excluding hydrogens is 272 g/mol. The van der Waals surface area contributed by atoms with Gasteiger partial charge in [-0.05, 0) is 5.56 Å². The number of benzene rings is 2. The third-order valence-corrected chi connectivity index (χ3v) is 4.19. The summed E-state index contributed by atoms with van der Waals surface area (Å²) in [5.41, 5.74) is 1.76. The lowest BCUT2D eigenvalue weighted by atomic mass is 9.80. The summed E-state index contributed by atoms with van der Waals surface area (Å²) in [5, 5.41) is 0. The maximum absolute atomic E-state index is 12.5. The van der Waals surface area contributed by atoms with Gasteiger partial charge in [-0.2, -0.15) is 0 Å². The predicted octanol–water partition coefficient (Wildman–Crippen LogP) is 4.66. The van der Waals surface area contributed by atoms with Gasteiger partial charge in [0.2, 0.25) is 0 Å². The van der Waals surface area contributed by atoms with E-state index in [0.29, 0.717) is 18.4 Å². The monoisotopic (exact) mass is 294 g/mol. The highest BCUT2D eigenvalue weighted by atomic mass is 16.1. The summed E-state index contributed by atoms with van der Waals surface area (Å²) in [6.07, 6.45) is 0.866. The van der Waals surface area contributed by atoms with Crippen LogP contribution in [0.1, 0.15) is 48.5 Å². The van der Waals surface area contributed by atoms with E-state index in [1.54, 1.807) is 0 Å². The van der Waals surface area contributed by atoms with Crippen molar-refractivity contribution in [2.75, 3.05) is 0 Å². The molecule has 2 heteroatoms. The Morgan fingerprint density at radius 3 is 2.00 bits per heavy atom. The number of hydrogen-bond acceptors (Lipinski definition) is 2. The molecule has 0 saturated carbocycles. The Labute approximate surface area is 132 Å². The fraction of sp³-hybridized carbons (Fsp3) is 0.300. The van der Waals surface area contributed by atoms with Crippen LogP contribution in [0.15, 0.2) is 60.7 Å². The van der Waals surface area contributed by atoms with Gasteiger partial charge in [0.05, 0.1) is 0 Å². The minimum Gasteiger partial charge on any atom is -0.299 e. The molecule has 0 aliphatic heterocycles. The Morgan fingerprint density at radius 1 is 0.909 bits per heavy atom. The second-order valence-electron chi connectivity index (χ2n) is 5.62. The van der Waals surface area contributed by atoms with E-state index in [2.05, 4.69) is 0 Å². The number of carbonyl (C=O) groups excluding carboxylic acids is 2. The van der Waals surface area contributed by atoms with Gasteiger partial charge < -0.3 is 0 Å². The Kier molecular flexibility index (Phi) is 5.65. The highest BCUT2D eigenvalue weighted by molar-refractivity contribution is 5.97. The molecular formula is C20H22O2. The van der Waals surface area contributed by atoms with Gasteiger partial charge in [0, 0.05) is 30.2 Å². The number of rotatable bonds is 7. The molecule has 0 heterocycles. The minimum absolute atomic E-state index is 0.0682. The van der Waals surface area contributed by atoms with Crippen molar-refractivity contribution in [1.29, 1.82) is 0 Å². The molecule has 2 nitrogen and oxygen atoms in total. The zero-order chi connectivity index (χ0) is 15.9. The first-order valence-corrected chi connectivity index (χ1v) is 7.79. The van der Waals surface area contributed by atoms with Crippen LogP contribution in [0.25, 0.3) is 0 Å². The molecule has 2 aromatic carbocycles. The molecule has 0 spiro atoms. The molecule has 114 valence electrons. The van der Waals surface area contributed by atoms with Crippen molar-refractivity contribution >= 4 is 11.6 Å². The third kappa shape index (κ3) is 3.91. The van der Waals surface area contributed by atoms with Crippen LogP contribution >= 0.6 is 0 Å². The van der Waals surface area contributed by atoms with E-state index in [-0.39, 0.29) is 23.4 Å². The van der Waals surface area contributed by atoms with Gasteiger partial charge in [-0.1, -0.05) is 74.5 Å². The maximum Gasteiger partial charge on any atom is 0.163 e. The lowest BCUT2D eigenvalue weighted by Gasteiger charge is -2.23. The summed E-state index contributed by atoms with van der Waals surface area (Å²) in [6, 6.07) is 19.2. The highest BCUT2D eigenvalue weighted by Gasteiger charge is 2.26. The van der Waals surface area contributed by atoms with Crippen LogP contribution in [0.5, 0.6) is 0 Å². The zero-order valence-corrected chi connectivity index (χ0v) is 13.2. The SMILES string of the molecule is CCC(=O)[C@H](C)[C@@H](CC(=O)c1ccccc1)c1ccccc1. The molecule has 0 amide bonds. The molecule has 2 rings (SSSR count). The lowest BCUT2D eigenvalue weighted by Crippen LogP contribution is -2.21. The molecule has 0 aliphatic carbocycles. The van der Waals surface area contributed by atoms with Crippen LogP contribution < -0.4 is 0 Å². The van der Waals surface area contributed by atoms with Crippen molar-refractivity contribution in [3.05, 3.63) is 71.8 Å². The largest absolute Gasteiger partial charge is 0.299 e. The first kappa shape index (κ1) is 16.2. The average molecular weight is 294 g/mol. The van der Waals surface area contributed by atoms with E-state index in [4.69, 9.17) is 0 Å². The molecule has 2 aromatic rings. The molecule has 0 bridgehead atoms. The van der Waals surface area contributed by atoms with Crippen molar-refractivity contribution in [1.82, 2.24) is 0 Å². The Bertz CT molecular complexity index is 617. The van der Waals surface area contributed by atoms with Gasteiger partial charge in [-0.15, -0.1) is 0 Å². The second kappa shape index (κ2) is 7.69. The normalized spacial score (nSPS) is 13.4. The molecule has 0 saturated heterocycles. The topological polar surface area (TPSA) is 34.1 Å². The molecule has 0 aromatic heterocycles. The van der Waals surface area contributed by atoms with Crippen molar-refractivity contribution in [3.8, 4) is 0 Å². The average Bonchev–Trinajstić information content (AvgIpc) is 2.59. The van der Waals surface area contributed by atoms with Crippen LogP contribution in [-0.2, 0) is 4.79 Å². The Hall–Kier alpha value is -2.22. The first-order chi connectivity index (χ1) is 10.6. The Balaban J connectivity index is 2.25. The van der Waals surface area contributed by atoms with Crippen LogP contribution in [0.2, 0.25) is 0 Å². The van der Waals surface area contributed by atoms with E-state index in [1.165, 1.54) is 0 Å². The summed E-state index contributed by atoms with van der Waals surface area (Å²) in [6.45, 7) is 3.81. The quantitative estimate of drug-likeness (QED) is 0.696. The van der Waals surface area contributed by atoms with Crippen molar-refractivity contribution in [2.24, 2.45) is 5.92 Å². The van der Waals surface area contributed by atoms with Crippen molar-refractivity contribution in [3.63, 3.8) is 0 Å². The summed E-state index contributed by atoms with van der Waals surface area (Å²) >= 11 is 0. The van der Waals surface area contributed by atoms with Crippen molar-refractivity contribution in [2.45, 2.75) is 32.6 Å². The minimum atomic E-state index is -0.153. The zero-order valence-electron chi connectivity index (χ0n) is 13.2. The van der Waals surface area contributed by atoms with Gasteiger partial charge in [0.25, 0.3) is 0 Å². The van der Waals surface area contributed by atoms with Crippen LogP contribution in [0.3, 0.4) is 0 Å². The number of carbonyl (C=O) groups is 2. The van der Waals surface area contributed by atoms with Gasteiger partial charge in [0.1, 0.15) is 5.78 Å². The summed E-state index contributed by atoms with van der Waals surface area (Å²) < 4.78 is 0. The van der Waals surface area contributed by atoms with E-state index in [9.17, 15) is 9.59 Å². The van der Waals surface area contributed by atoms with Gasteiger partial charge in [-0.3, -0.25) is 9.59 Å². The van der Waals surface area contributed by atoms with Crippen LogP contribution in [0.4, 0.5) is 0 Å². The van der Waals surface area contributed by atoms with E-state index >= 15 is 0 Å². The third-order valence-electron chi connectivity index (χ3n) is 4.19. The van der Waals surface area contributed by atoms with Gasteiger partial charge in [-0.25, -0.2) is 0 Å². The molecule has 22 heavy (non-hydrogen) atoms.